The minimum Gasteiger partial charge on any atom is -0.467 e. The summed E-state index contributed by atoms with van der Waals surface area (Å²) in [6.45, 7) is 0.315. The summed E-state index contributed by atoms with van der Waals surface area (Å²) in [6.07, 6.45) is 2.07. The smallest absolute Gasteiger partial charge is 0.253 e. The number of rotatable bonds is 7. The zero-order chi connectivity index (χ0) is 21.0. The number of para-hydroxylation sites is 1. The van der Waals surface area contributed by atoms with Crippen LogP contribution in [0.2, 0.25) is 0 Å². The first-order valence-electron chi connectivity index (χ1n) is 9.33. The van der Waals surface area contributed by atoms with Crippen molar-refractivity contribution in [2.24, 2.45) is 0 Å². The molecule has 1 fully saturated rings. The van der Waals surface area contributed by atoms with Gasteiger partial charge in [0.1, 0.15) is 5.76 Å². The number of hydrogen-bond acceptors (Lipinski definition) is 6. The van der Waals surface area contributed by atoms with Gasteiger partial charge in [-0.3, -0.25) is 14.5 Å². The van der Waals surface area contributed by atoms with E-state index < -0.39 is 9.84 Å². The summed E-state index contributed by atoms with van der Waals surface area (Å²) in [6, 6.07) is 10.2. The number of likely N-dealkylation sites (N-methyl/N-ethyl adjacent to an activating group) is 2. The van der Waals surface area contributed by atoms with E-state index in [1.165, 1.54) is 11.2 Å². The van der Waals surface area contributed by atoms with Gasteiger partial charge >= 0.3 is 0 Å². The Hall–Kier alpha value is -2.65. The van der Waals surface area contributed by atoms with E-state index in [1.54, 1.807) is 55.4 Å². The molecule has 0 bridgehead atoms. The molecule has 3 rings (SSSR count). The van der Waals surface area contributed by atoms with Crippen LogP contribution in [0.15, 0.2) is 47.1 Å². The average molecular weight is 420 g/mol. The van der Waals surface area contributed by atoms with Crippen LogP contribution in [0.3, 0.4) is 0 Å². The van der Waals surface area contributed by atoms with Crippen molar-refractivity contribution in [3.8, 4) is 0 Å². The quantitative estimate of drug-likeness (QED) is 0.726. The standard InChI is InChI=1S/C20H25N3O5S/c1-22(15-9-11-29(26,27)14-15)13-19(24)23(2)18-8-4-3-7-17(18)20(25)21-12-16-6-5-10-28-16/h3-8,10,15H,9,11-14H2,1-2H3,(H,21,25)/t15-/m0/s1. The topological polar surface area (TPSA) is 99.9 Å². The maximum atomic E-state index is 12.8. The summed E-state index contributed by atoms with van der Waals surface area (Å²) in [5.41, 5.74) is 0.864. The summed E-state index contributed by atoms with van der Waals surface area (Å²) in [7, 11) is 0.342. The Morgan fingerprint density at radius 2 is 1.93 bits per heavy atom. The Kier molecular flexibility index (Phi) is 6.39. The third kappa shape index (κ3) is 5.24. The molecule has 0 saturated carbocycles. The van der Waals surface area contributed by atoms with E-state index in [4.69, 9.17) is 4.42 Å². The Balaban J connectivity index is 1.66. The molecule has 2 aromatic rings. The average Bonchev–Trinajstić information content (AvgIpc) is 3.34. The van der Waals surface area contributed by atoms with Crippen molar-refractivity contribution < 1.29 is 22.4 Å². The predicted octanol–water partition coefficient (Wildman–Crippen LogP) is 1.29. The summed E-state index contributed by atoms with van der Waals surface area (Å²) >= 11 is 0. The van der Waals surface area contributed by atoms with E-state index in [-0.39, 0.29) is 42.5 Å². The lowest BCUT2D eigenvalue weighted by molar-refractivity contribution is -0.119. The van der Waals surface area contributed by atoms with Crippen LogP contribution in [0.5, 0.6) is 0 Å². The first kappa shape index (κ1) is 21.1. The van der Waals surface area contributed by atoms with Gasteiger partial charge in [0.05, 0.1) is 42.1 Å². The van der Waals surface area contributed by atoms with Crippen molar-refractivity contribution in [1.29, 1.82) is 0 Å². The fourth-order valence-corrected chi connectivity index (χ4v) is 5.15. The molecule has 9 heteroatoms. The highest BCUT2D eigenvalue weighted by Crippen LogP contribution is 2.21. The molecule has 0 radical (unpaired) electrons. The fourth-order valence-electron chi connectivity index (χ4n) is 3.34. The number of benzene rings is 1. The number of nitrogens with one attached hydrogen (secondary N) is 1. The van der Waals surface area contributed by atoms with Crippen LogP contribution >= 0.6 is 0 Å². The van der Waals surface area contributed by atoms with E-state index in [2.05, 4.69) is 5.32 Å². The van der Waals surface area contributed by atoms with Gasteiger partial charge in [-0.15, -0.1) is 0 Å². The SMILES string of the molecule is CN(C(=O)CN(C)[C@H]1CCS(=O)(=O)C1)c1ccccc1C(=O)NCc1ccco1. The van der Waals surface area contributed by atoms with Crippen LogP contribution in [0, 0.1) is 0 Å². The van der Waals surface area contributed by atoms with Gasteiger partial charge < -0.3 is 14.6 Å². The normalized spacial score (nSPS) is 18.0. The molecule has 1 saturated heterocycles. The van der Waals surface area contributed by atoms with E-state index in [0.717, 1.165) is 0 Å². The molecule has 0 unspecified atom stereocenters. The van der Waals surface area contributed by atoms with Gasteiger partial charge in [0, 0.05) is 13.1 Å². The minimum atomic E-state index is -3.02. The summed E-state index contributed by atoms with van der Waals surface area (Å²) in [5, 5.41) is 2.78. The van der Waals surface area contributed by atoms with Crippen molar-refractivity contribution in [3.05, 3.63) is 54.0 Å². The number of carbonyl (C=O) groups excluding carboxylic acids is 2. The van der Waals surface area contributed by atoms with Crippen LogP contribution in [0.1, 0.15) is 22.5 Å². The van der Waals surface area contributed by atoms with Crippen LogP contribution in [-0.4, -0.2) is 63.3 Å². The molecule has 29 heavy (non-hydrogen) atoms. The van der Waals surface area contributed by atoms with E-state index in [9.17, 15) is 18.0 Å². The molecule has 0 aliphatic carbocycles. The highest BCUT2D eigenvalue weighted by molar-refractivity contribution is 7.91. The highest BCUT2D eigenvalue weighted by Gasteiger charge is 2.32. The molecule has 1 aromatic heterocycles. The van der Waals surface area contributed by atoms with Crippen molar-refractivity contribution in [3.63, 3.8) is 0 Å². The van der Waals surface area contributed by atoms with E-state index in [0.29, 0.717) is 23.4 Å². The number of sulfone groups is 1. The van der Waals surface area contributed by atoms with Gasteiger partial charge in [0.15, 0.2) is 9.84 Å². The second kappa shape index (κ2) is 8.79. The fraction of sp³-hybridized carbons (Fsp3) is 0.400. The number of amides is 2. The zero-order valence-electron chi connectivity index (χ0n) is 16.5. The van der Waals surface area contributed by atoms with Gasteiger partial charge in [-0.05, 0) is 37.7 Å². The molecule has 1 aliphatic rings. The first-order valence-corrected chi connectivity index (χ1v) is 11.2. The first-order chi connectivity index (χ1) is 13.8. The Morgan fingerprint density at radius 3 is 2.59 bits per heavy atom. The highest BCUT2D eigenvalue weighted by atomic mass is 32.2. The van der Waals surface area contributed by atoms with Crippen molar-refractivity contribution in [2.75, 3.05) is 37.0 Å². The van der Waals surface area contributed by atoms with Crippen LogP contribution < -0.4 is 10.2 Å². The Labute approximate surface area is 170 Å². The lowest BCUT2D eigenvalue weighted by Crippen LogP contribution is -2.42. The minimum absolute atomic E-state index is 0.0685. The Morgan fingerprint density at radius 1 is 1.17 bits per heavy atom. The van der Waals surface area contributed by atoms with Crippen molar-refractivity contribution in [2.45, 2.75) is 19.0 Å². The number of furan rings is 1. The molecule has 1 aliphatic heterocycles. The molecule has 2 amide bonds. The lowest BCUT2D eigenvalue weighted by atomic mass is 10.1. The summed E-state index contributed by atoms with van der Waals surface area (Å²) in [5.74, 6) is 0.333. The molecular weight excluding hydrogens is 394 g/mol. The number of carbonyl (C=O) groups is 2. The van der Waals surface area contributed by atoms with Gasteiger partial charge in [-0.25, -0.2) is 8.42 Å². The largest absolute Gasteiger partial charge is 0.467 e. The predicted molar refractivity (Wildman–Crippen MR) is 109 cm³/mol. The molecule has 8 nitrogen and oxygen atoms in total. The van der Waals surface area contributed by atoms with Crippen molar-refractivity contribution in [1.82, 2.24) is 10.2 Å². The number of anilines is 1. The molecule has 1 aromatic carbocycles. The monoisotopic (exact) mass is 419 g/mol. The number of nitrogens with zero attached hydrogens (tertiary/aromatic N) is 2. The second-order valence-electron chi connectivity index (χ2n) is 7.20. The summed E-state index contributed by atoms with van der Waals surface area (Å²) < 4.78 is 28.6. The lowest BCUT2D eigenvalue weighted by Gasteiger charge is -2.26. The maximum absolute atomic E-state index is 12.8. The van der Waals surface area contributed by atoms with Crippen LogP contribution in [-0.2, 0) is 21.2 Å². The number of hydrogen-bond donors (Lipinski definition) is 1. The third-order valence-electron chi connectivity index (χ3n) is 5.10. The van der Waals surface area contributed by atoms with Crippen LogP contribution in [0.25, 0.3) is 0 Å². The molecule has 1 N–H and O–H groups in total. The third-order valence-corrected chi connectivity index (χ3v) is 6.85. The van der Waals surface area contributed by atoms with Gasteiger partial charge in [-0.2, -0.15) is 0 Å². The van der Waals surface area contributed by atoms with E-state index in [1.807, 2.05) is 0 Å². The van der Waals surface area contributed by atoms with Gasteiger partial charge in [0.25, 0.3) is 5.91 Å². The Bertz CT molecular complexity index is 972. The van der Waals surface area contributed by atoms with Gasteiger partial charge in [0.2, 0.25) is 5.91 Å². The maximum Gasteiger partial charge on any atom is 0.253 e. The zero-order valence-corrected chi connectivity index (χ0v) is 17.3. The molecule has 1 atom stereocenters. The van der Waals surface area contributed by atoms with Gasteiger partial charge in [-0.1, -0.05) is 12.1 Å². The second-order valence-corrected chi connectivity index (χ2v) is 9.43. The molecular formula is C20H25N3O5S. The summed E-state index contributed by atoms with van der Waals surface area (Å²) in [4.78, 5) is 28.6. The van der Waals surface area contributed by atoms with Crippen molar-refractivity contribution >= 4 is 27.3 Å². The van der Waals surface area contributed by atoms with Crippen LogP contribution in [0.4, 0.5) is 5.69 Å². The molecule has 0 spiro atoms. The molecule has 2 heterocycles. The van der Waals surface area contributed by atoms with E-state index >= 15 is 0 Å². The molecule has 156 valence electrons.